The van der Waals surface area contributed by atoms with Crippen LogP contribution in [0.1, 0.15) is 11.1 Å². The van der Waals surface area contributed by atoms with Crippen LogP contribution in [0.2, 0.25) is 10.0 Å². The maximum Gasteiger partial charge on any atom is 0.345 e. The summed E-state index contributed by atoms with van der Waals surface area (Å²) < 4.78 is 0. The molecular weight excluding hydrogens is 287 g/mol. The number of carbonyl (C=O) groups is 1. The van der Waals surface area contributed by atoms with Gasteiger partial charge >= 0.3 is 5.97 Å². The van der Waals surface area contributed by atoms with E-state index < -0.39 is 11.6 Å². The van der Waals surface area contributed by atoms with Gasteiger partial charge in [-0.3, -0.25) is 0 Å². The molecule has 0 aliphatic carbocycles. The fourth-order valence-electron chi connectivity index (χ4n) is 1.81. The van der Waals surface area contributed by atoms with Crippen molar-refractivity contribution in [2.24, 2.45) is 0 Å². The molecule has 5 heteroatoms. The normalized spacial score (nSPS) is 13.8. The monoisotopic (exact) mass is 296 g/mol. The van der Waals surface area contributed by atoms with Gasteiger partial charge in [-0.15, -0.1) is 0 Å². The minimum Gasteiger partial charge on any atom is -0.479 e. The lowest BCUT2D eigenvalue weighted by atomic mass is 9.86. The molecule has 19 heavy (non-hydrogen) atoms. The summed E-state index contributed by atoms with van der Waals surface area (Å²) in [7, 11) is 0. The Hall–Kier alpha value is -1.55. The van der Waals surface area contributed by atoms with Gasteiger partial charge in [0.2, 0.25) is 5.60 Å². The predicted molar refractivity (Wildman–Crippen MR) is 73.5 cm³/mol. The molecule has 0 aliphatic rings. The Labute approximate surface area is 120 Å². The first-order chi connectivity index (χ1) is 8.96. The van der Waals surface area contributed by atoms with Crippen molar-refractivity contribution in [3.63, 3.8) is 0 Å². The Bertz CT molecular complexity index is 613. The summed E-state index contributed by atoms with van der Waals surface area (Å²) in [5, 5.41) is 20.4. The van der Waals surface area contributed by atoms with Crippen molar-refractivity contribution in [1.29, 1.82) is 0 Å². The summed E-state index contributed by atoms with van der Waals surface area (Å²) in [5.41, 5.74) is -1.75. The first-order valence-corrected chi connectivity index (χ1v) is 6.18. The maximum atomic E-state index is 11.5. The van der Waals surface area contributed by atoms with Gasteiger partial charge in [-0.25, -0.2) is 4.79 Å². The first-order valence-electron chi connectivity index (χ1n) is 5.43. The van der Waals surface area contributed by atoms with Gasteiger partial charge in [-0.1, -0.05) is 59.6 Å². The van der Waals surface area contributed by atoms with Crippen LogP contribution in [0.15, 0.2) is 48.5 Å². The van der Waals surface area contributed by atoms with Gasteiger partial charge in [0.1, 0.15) is 0 Å². The van der Waals surface area contributed by atoms with Crippen LogP contribution in [0.3, 0.4) is 0 Å². The summed E-state index contributed by atoms with van der Waals surface area (Å²) >= 11 is 11.7. The number of rotatable bonds is 3. The van der Waals surface area contributed by atoms with E-state index in [2.05, 4.69) is 0 Å². The molecule has 0 spiro atoms. The van der Waals surface area contributed by atoms with Gasteiger partial charge in [-0.2, -0.15) is 0 Å². The molecule has 0 fully saturated rings. The number of hydrogen-bond donors (Lipinski definition) is 2. The standard InChI is InChI=1S/C14H10Cl2O3/c15-11-7-6-10(8-12(11)16)14(19,13(17)18)9-4-2-1-3-5-9/h1-8,19H,(H,17,18)/t14-/m0/s1. The Morgan fingerprint density at radius 1 is 0.947 bits per heavy atom. The number of halogens is 2. The molecule has 1 atom stereocenters. The van der Waals surface area contributed by atoms with Crippen LogP contribution in [-0.2, 0) is 10.4 Å². The molecule has 0 saturated carbocycles. The number of carboxylic acid groups (broad SMARTS) is 1. The van der Waals surface area contributed by atoms with Gasteiger partial charge < -0.3 is 10.2 Å². The lowest BCUT2D eigenvalue weighted by molar-refractivity contribution is -0.155. The summed E-state index contributed by atoms with van der Waals surface area (Å²) in [6.45, 7) is 0. The molecule has 0 radical (unpaired) electrons. The lowest BCUT2D eigenvalue weighted by Crippen LogP contribution is -2.36. The predicted octanol–water partition coefficient (Wildman–Crippen LogP) is 3.31. The molecule has 0 aromatic heterocycles. The molecule has 0 bridgehead atoms. The molecule has 2 aromatic rings. The smallest absolute Gasteiger partial charge is 0.345 e. The van der Waals surface area contributed by atoms with Crippen LogP contribution >= 0.6 is 23.2 Å². The third-order valence-corrected chi connectivity index (χ3v) is 3.58. The third kappa shape index (κ3) is 2.45. The number of carboxylic acids is 1. The molecule has 2 rings (SSSR count). The molecular formula is C14H10Cl2O3. The number of aliphatic hydroxyl groups is 1. The molecule has 0 saturated heterocycles. The molecule has 0 heterocycles. The Kier molecular flexibility index (Phi) is 3.80. The molecule has 0 aliphatic heterocycles. The Morgan fingerprint density at radius 2 is 1.58 bits per heavy atom. The van der Waals surface area contributed by atoms with Gasteiger partial charge in [0, 0.05) is 5.56 Å². The van der Waals surface area contributed by atoms with Crippen molar-refractivity contribution in [3.05, 3.63) is 69.7 Å². The minimum atomic E-state index is -2.16. The second kappa shape index (κ2) is 5.21. The fraction of sp³-hybridized carbons (Fsp3) is 0.0714. The maximum absolute atomic E-state index is 11.5. The van der Waals surface area contributed by atoms with Crippen LogP contribution in [0.5, 0.6) is 0 Å². The summed E-state index contributed by atoms with van der Waals surface area (Å²) in [5.74, 6) is -1.38. The zero-order valence-corrected chi connectivity index (χ0v) is 11.2. The summed E-state index contributed by atoms with van der Waals surface area (Å²) in [6, 6.07) is 12.4. The van der Waals surface area contributed by atoms with Crippen LogP contribution in [0.4, 0.5) is 0 Å². The van der Waals surface area contributed by atoms with E-state index in [9.17, 15) is 15.0 Å². The number of benzene rings is 2. The van der Waals surface area contributed by atoms with Crippen molar-refractivity contribution in [2.45, 2.75) is 5.60 Å². The largest absolute Gasteiger partial charge is 0.479 e. The fourth-order valence-corrected chi connectivity index (χ4v) is 2.11. The van der Waals surface area contributed by atoms with Crippen LogP contribution in [-0.4, -0.2) is 16.2 Å². The van der Waals surface area contributed by atoms with E-state index in [4.69, 9.17) is 23.2 Å². The summed E-state index contributed by atoms with van der Waals surface area (Å²) in [4.78, 5) is 11.5. The van der Waals surface area contributed by atoms with Crippen molar-refractivity contribution in [3.8, 4) is 0 Å². The van der Waals surface area contributed by atoms with Gasteiger partial charge in [0.25, 0.3) is 0 Å². The van der Waals surface area contributed by atoms with E-state index in [0.717, 1.165) is 0 Å². The van der Waals surface area contributed by atoms with Gasteiger partial charge in [-0.05, 0) is 17.7 Å². The van der Waals surface area contributed by atoms with E-state index in [1.54, 1.807) is 18.2 Å². The van der Waals surface area contributed by atoms with Crippen molar-refractivity contribution in [2.75, 3.05) is 0 Å². The molecule has 98 valence electrons. The SMILES string of the molecule is O=C(O)[C@](O)(c1ccccc1)c1ccc(Cl)c(Cl)c1. The second-order valence-corrected chi connectivity index (χ2v) is 4.82. The number of aliphatic carboxylic acids is 1. The van der Waals surface area contributed by atoms with E-state index >= 15 is 0 Å². The van der Waals surface area contributed by atoms with Crippen molar-refractivity contribution >= 4 is 29.2 Å². The Morgan fingerprint density at radius 3 is 2.11 bits per heavy atom. The van der Waals surface area contributed by atoms with E-state index in [0.29, 0.717) is 5.02 Å². The van der Waals surface area contributed by atoms with Crippen LogP contribution in [0, 0.1) is 0 Å². The first kappa shape index (κ1) is 13.9. The van der Waals surface area contributed by atoms with Gasteiger partial charge in [0.15, 0.2) is 0 Å². The highest BCUT2D eigenvalue weighted by Gasteiger charge is 2.40. The highest BCUT2D eigenvalue weighted by molar-refractivity contribution is 6.42. The average molecular weight is 297 g/mol. The van der Waals surface area contributed by atoms with E-state index in [1.165, 1.54) is 30.3 Å². The highest BCUT2D eigenvalue weighted by Crippen LogP contribution is 2.33. The zero-order valence-electron chi connectivity index (χ0n) is 9.68. The lowest BCUT2D eigenvalue weighted by Gasteiger charge is -2.24. The second-order valence-electron chi connectivity index (χ2n) is 4.01. The van der Waals surface area contributed by atoms with Gasteiger partial charge in [0.05, 0.1) is 10.0 Å². The summed E-state index contributed by atoms with van der Waals surface area (Å²) in [6.07, 6.45) is 0. The topological polar surface area (TPSA) is 57.5 Å². The highest BCUT2D eigenvalue weighted by atomic mass is 35.5. The van der Waals surface area contributed by atoms with Crippen molar-refractivity contribution in [1.82, 2.24) is 0 Å². The molecule has 2 aromatic carbocycles. The Balaban J connectivity index is 2.63. The van der Waals surface area contributed by atoms with Crippen molar-refractivity contribution < 1.29 is 15.0 Å². The van der Waals surface area contributed by atoms with Crippen LogP contribution < -0.4 is 0 Å². The molecule has 0 unspecified atom stereocenters. The van der Waals surface area contributed by atoms with E-state index in [-0.39, 0.29) is 16.1 Å². The quantitative estimate of drug-likeness (QED) is 0.913. The third-order valence-electron chi connectivity index (χ3n) is 2.84. The minimum absolute atomic E-state index is 0.153. The number of hydrogen-bond acceptors (Lipinski definition) is 2. The molecule has 2 N–H and O–H groups in total. The molecule has 3 nitrogen and oxygen atoms in total. The average Bonchev–Trinajstić information content (AvgIpc) is 2.41. The van der Waals surface area contributed by atoms with Crippen LogP contribution in [0.25, 0.3) is 0 Å². The molecule has 0 amide bonds. The van der Waals surface area contributed by atoms with E-state index in [1.807, 2.05) is 0 Å². The zero-order chi connectivity index (χ0) is 14.0.